The van der Waals surface area contributed by atoms with Crippen LogP contribution in [-0.2, 0) is 4.79 Å². The van der Waals surface area contributed by atoms with E-state index in [1.54, 1.807) is 6.92 Å². The largest absolute Gasteiger partial charge is 0.479 e. The zero-order valence-electron chi connectivity index (χ0n) is 8.27. The van der Waals surface area contributed by atoms with Crippen molar-refractivity contribution in [3.63, 3.8) is 0 Å². The molecule has 1 aromatic carbocycles. The topological polar surface area (TPSA) is 57.5 Å². The van der Waals surface area contributed by atoms with Gasteiger partial charge in [0, 0.05) is 5.92 Å². The van der Waals surface area contributed by atoms with Crippen molar-refractivity contribution in [2.45, 2.75) is 25.4 Å². The first-order valence-corrected chi connectivity index (χ1v) is 4.47. The van der Waals surface area contributed by atoms with Gasteiger partial charge in [-0.15, -0.1) is 0 Å². The highest BCUT2D eigenvalue weighted by molar-refractivity contribution is 5.78. The van der Waals surface area contributed by atoms with Crippen LogP contribution in [0, 0.1) is 0 Å². The third-order valence-corrected chi connectivity index (χ3v) is 2.58. The van der Waals surface area contributed by atoms with Crippen molar-refractivity contribution in [1.82, 2.24) is 0 Å². The van der Waals surface area contributed by atoms with Gasteiger partial charge in [0.15, 0.2) is 5.60 Å². The van der Waals surface area contributed by atoms with Gasteiger partial charge in [0.1, 0.15) is 0 Å². The van der Waals surface area contributed by atoms with E-state index in [-0.39, 0.29) is 0 Å². The Bertz CT molecular complexity index is 317. The lowest BCUT2D eigenvalue weighted by Gasteiger charge is -2.25. The van der Waals surface area contributed by atoms with Crippen LogP contribution in [0.5, 0.6) is 0 Å². The molecule has 0 fully saturated rings. The third-order valence-electron chi connectivity index (χ3n) is 2.58. The minimum absolute atomic E-state index is 0.429. The van der Waals surface area contributed by atoms with Crippen LogP contribution in [0.25, 0.3) is 0 Å². The Labute approximate surface area is 83.0 Å². The summed E-state index contributed by atoms with van der Waals surface area (Å²) in [5.74, 6) is -1.63. The molecule has 1 rings (SSSR count). The Kier molecular flexibility index (Phi) is 2.91. The van der Waals surface area contributed by atoms with Gasteiger partial charge in [-0.1, -0.05) is 37.3 Å². The van der Waals surface area contributed by atoms with Gasteiger partial charge >= 0.3 is 5.97 Å². The Hall–Kier alpha value is -1.35. The van der Waals surface area contributed by atoms with E-state index in [1.807, 2.05) is 30.3 Å². The van der Waals surface area contributed by atoms with Crippen LogP contribution >= 0.6 is 0 Å². The van der Waals surface area contributed by atoms with E-state index >= 15 is 0 Å². The van der Waals surface area contributed by atoms with Crippen LogP contribution < -0.4 is 0 Å². The van der Waals surface area contributed by atoms with Gasteiger partial charge in [-0.05, 0) is 12.5 Å². The number of aliphatic hydroxyl groups is 1. The summed E-state index contributed by atoms with van der Waals surface area (Å²) in [5.41, 5.74) is -0.902. The molecule has 0 unspecified atom stereocenters. The Balaban J connectivity index is 2.96. The highest BCUT2D eigenvalue weighted by Crippen LogP contribution is 2.27. The second kappa shape index (κ2) is 3.80. The average molecular weight is 194 g/mol. The number of benzene rings is 1. The van der Waals surface area contributed by atoms with Crippen molar-refractivity contribution in [3.8, 4) is 0 Å². The summed E-state index contributed by atoms with van der Waals surface area (Å²) in [6.45, 7) is 3.01. The summed E-state index contributed by atoms with van der Waals surface area (Å²) in [5, 5.41) is 18.5. The van der Waals surface area contributed by atoms with Gasteiger partial charge in [-0.3, -0.25) is 0 Å². The molecule has 76 valence electrons. The third kappa shape index (κ3) is 1.93. The zero-order valence-corrected chi connectivity index (χ0v) is 8.27. The molecular formula is C11H14O3. The van der Waals surface area contributed by atoms with Crippen molar-refractivity contribution in [1.29, 1.82) is 0 Å². The molecule has 0 saturated heterocycles. The van der Waals surface area contributed by atoms with Gasteiger partial charge in [-0.2, -0.15) is 0 Å². The van der Waals surface area contributed by atoms with Crippen LogP contribution in [0.4, 0.5) is 0 Å². The molecule has 0 aliphatic rings. The number of aliphatic carboxylic acids is 1. The maximum absolute atomic E-state index is 10.8. The van der Waals surface area contributed by atoms with Crippen LogP contribution in [-0.4, -0.2) is 21.8 Å². The molecule has 2 N–H and O–H groups in total. The predicted molar refractivity (Wildman–Crippen MR) is 53.1 cm³/mol. The monoisotopic (exact) mass is 194 g/mol. The lowest BCUT2D eigenvalue weighted by atomic mass is 9.85. The van der Waals surface area contributed by atoms with Gasteiger partial charge in [-0.25, -0.2) is 4.79 Å². The molecule has 0 radical (unpaired) electrons. The van der Waals surface area contributed by atoms with E-state index in [2.05, 4.69) is 0 Å². The molecule has 0 spiro atoms. The maximum Gasteiger partial charge on any atom is 0.336 e. The molecule has 0 aliphatic heterocycles. The molecule has 1 aromatic rings. The van der Waals surface area contributed by atoms with Crippen molar-refractivity contribution in [2.24, 2.45) is 0 Å². The van der Waals surface area contributed by atoms with Crippen LogP contribution in [0.1, 0.15) is 25.3 Å². The summed E-state index contributed by atoms with van der Waals surface area (Å²) >= 11 is 0. The highest BCUT2D eigenvalue weighted by Gasteiger charge is 2.37. The smallest absolute Gasteiger partial charge is 0.336 e. The molecule has 0 saturated carbocycles. The van der Waals surface area contributed by atoms with Crippen LogP contribution in [0.2, 0.25) is 0 Å². The molecule has 0 heterocycles. The van der Waals surface area contributed by atoms with E-state index < -0.39 is 17.5 Å². The van der Waals surface area contributed by atoms with Crippen molar-refractivity contribution < 1.29 is 15.0 Å². The van der Waals surface area contributed by atoms with Gasteiger partial charge < -0.3 is 10.2 Å². The van der Waals surface area contributed by atoms with Gasteiger partial charge in [0.2, 0.25) is 0 Å². The zero-order chi connectivity index (χ0) is 10.8. The molecule has 0 aliphatic carbocycles. The molecule has 2 atom stereocenters. The van der Waals surface area contributed by atoms with E-state index in [9.17, 15) is 9.90 Å². The number of hydrogen-bond donors (Lipinski definition) is 2. The first-order chi connectivity index (χ1) is 6.46. The molecular weight excluding hydrogens is 180 g/mol. The standard InChI is InChI=1S/C11H14O3/c1-8(11(2,14)10(12)13)9-6-4-3-5-7-9/h3-8,14H,1-2H3,(H,12,13)/t8-,11-/m1/s1. The second-order valence-corrected chi connectivity index (χ2v) is 3.59. The predicted octanol–water partition coefficient (Wildman–Crippen LogP) is 1.63. The summed E-state index contributed by atoms with van der Waals surface area (Å²) in [6.07, 6.45) is 0. The molecule has 0 amide bonds. The quantitative estimate of drug-likeness (QED) is 0.768. The number of carbonyl (C=O) groups is 1. The fraction of sp³-hybridized carbons (Fsp3) is 0.364. The molecule has 0 aromatic heterocycles. The fourth-order valence-corrected chi connectivity index (χ4v) is 1.25. The Morgan fingerprint density at radius 3 is 2.29 bits per heavy atom. The minimum Gasteiger partial charge on any atom is -0.479 e. The number of rotatable bonds is 3. The van der Waals surface area contributed by atoms with E-state index in [0.717, 1.165) is 5.56 Å². The fourth-order valence-electron chi connectivity index (χ4n) is 1.25. The summed E-state index contributed by atoms with van der Waals surface area (Å²) < 4.78 is 0. The minimum atomic E-state index is -1.72. The molecule has 14 heavy (non-hydrogen) atoms. The second-order valence-electron chi connectivity index (χ2n) is 3.59. The van der Waals surface area contributed by atoms with Crippen molar-refractivity contribution in [3.05, 3.63) is 35.9 Å². The van der Waals surface area contributed by atoms with E-state index in [1.165, 1.54) is 6.92 Å². The number of carboxylic acid groups (broad SMARTS) is 1. The Morgan fingerprint density at radius 1 is 1.36 bits per heavy atom. The normalized spacial score (nSPS) is 17.1. The van der Waals surface area contributed by atoms with Gasteiger partial charge in [0.05, 0.1) is 0 Å². The SMILES string of the molecule is C[C@H](c1ccccc1)[C@@](C)(O)C(=O)O. The lowest BCUT2D eigenvalue weighted by molar-refractivity contribution is -0.158. The number of carboxylic acids is 1. The number of hydrogen-bond acceptors (Lipinski definition) is 2. The lowest BCUT2D eigenvalue weighted by Crippen LogP contribution is -2.40. The molecule has 0 bridgehead atoms. The summed E-state index contributed by atoms with van der Waals surface area (Å²) in [6, 6.07) is 9.11. The summed E-state index contributed by atoms with van der Waals surface area (Å²) in [7, 11) is 0. The Morgan fingerprint density at radius 2 is 1.86 bits per heavy atom. The highest BCUT2D eigenvalue weighted by atomic mass is 16.4. The van der Waals surface area contributed by atoms with Gasteiger partial charge in [0.25, 0.3) is 0 Å². The van der Waals surface area contributed by atoms with Crippen molar-refractivity contribution >= 4 is 5.97 Å². The molecule has 3 nitrogen and oxygen atoms in total. The van der Waals surface area contributed by atoms with Crippen LogP contribution in [0.15, 0.2) is 30.3 Å². The maximum atomic E-state index is 10.8. The average Bonchev–Trinajstić information content (AvgIpc) is 2.17. The van der Waals surface area contributed by atoms with E-state index in [0.29, 0.717) is 0 Å². The van der Waals surface area contributed by atoms with E-state index in [4.69, 9.17) is 5.11 Å². The van der Waals surface area contributed by atoms with Crippen LogP contribution in [0.3, 0.4) is 0 Å². The first-order valence-electron chi connectivity index (χ1n) is 4.47. The first kappa shape index (κ1) is 10.7. The molecule has 3 heteroatoms. The summed E-state index contributed by atoms with van der Waals surface area (Å²) in [4.78, 5) is 10.8. The van der Waals surface area contributed by atoms with Crippen molar-refractivity contribution in [2.75, 3.05) is 0 Å².